The summed E-state index contributed by atoms with van der Waals surface area (Å²) in [6, 6.07) is 3.21. The number of likely N-dealkylation sites (tertiary alicyclic amines) is 1. The first-order valence-electron chi connectivity index (χ1n) is 6.98. The van der Waals surface area contributed by atoms with Crippen LogP contribution < -0.4 is 0 Å². The molecule has 1 heterocycles. The second kappa shape index (κ2) is 6.42. The summed E-state index contributed by atoms with van der Waals surface area (Å²) in [5, 5.41) is 19.3. The summed E-state index contributed by atoms with van der Waals surface area (Å²) >= 11 is 0. The predicted molar refractivity (Wildman–Crippen MR) is 80.9 cm³/mol. The Hall–Kier alpha value is -1.71. The van der Waals surface area contributed by atoms with Crippen LogP contribution in [0.4, 0.5) is 4.39 Å². The second-order valence-corrected chi connectivity index (χ2v) is 7.99. The van der Waals surface area contributed by atoms with Crippen LogP contribution in [0.15, 0.2) is 18.2 Å². The van der Waals surface area contributed by atoms with Crippen molar-refractivity contribution < 1.29 is 27.8 Å². The Morgan fingerprint density at radius 2 is 2.04 bits per heavy atom. The lowest BCUT2D eigenvalue weighted by Gasteiger charge is -2.18. The fourth-order valence-corrected chi connectivity index (χ4v) is 3.60. The number of carbonyl (C=O) groups is 1. The van der Waals surface area contributed by atoms with Crippen molar-refractivity contribution >= 4 is 15.9 Å². The molecule has 0 spiro atoms. The quantitative estimate of drug-likeness (QED) is 0.790. The minimum absolute atomic E-state index is 0.00934. The van der Waals surface area contributed by atoms with Crippen molar-refractivity contribution in [1.82, 2.24) is 9.21 Å². The molecular formula is C14H19FN2O5S. The zero-order valence-corrected chi connectivity index (χ0v) is 13.6. The van der Waals surface area contributed by atoms with E-state index < -0.39 is 39.5 Å². The highest BCUT2D eigenvalue weighted by atomic mass is 32.2. The summed E-state index contributed by atoms with van der Waals surface area (Å²) < 4.78 is 37.9. The molecule has 1 aliphatic rings. The monoisotopic (exact) mass is 346 g/mol. The average molecular weight is 346 g/mol. The number of phenolic OH excluding ortho intramolecular Hbond substituents is 1. The Labute approximate surface area is 134 Å². The zero-order chi connectivity index (χ0) is 17.4. The molecule has 1 aromatic carbocycles. The summed E-state index contributed by atoms with van der Waals surface area (Å²) in [7, 11) is -0.688. The van der Waals surface area contributed by atoms with Gasteiger partial charge in [-0.3, -0.25) is 4.79 Å². The van der Waals surface area contributed by atoms with E-state index in [4.69, 9.17) is 0 Å². The maximum atomic E-state index is 13.0. The average Bonchev–Trinajstić information content (AvgIpc) is 2.81. The molecule has 1 fully saturated rings. The summed E-state index contributed by atoms with van der Waals surface area (Å²) in [6.07, 6.45) is -0.956. The van der Waals surface area contributed by atoms with Gasteiger partial charge in [0.15, 0.2) is 11.6 Å². The van der Waals surface area contributed by atoms with Gasteiger partial charge in [-0.15, -0.1) is 0 Å². The summed E-state index contributed by atoms with van der Waals surface area (Å²) in [5.74, 6) is -2.83. The standard InChI is InChI=1S/C14H19FN2O5S/c1-16(2)23(21,22)8-10-6-17(7-13(10)19)14(20)9-3-4-11(15)12(18)5-9/h3-5,10,13,18-19H,6-8H2,1-2H3/t10-,13+/m0/s1. The third-order valence-corrected chi connectivity index (χ3v) is 5.83. The summed E-state index contributed by atoms with van der Waals surface area (Å²) in [4.78, 5) is 13.6. The Kier molecular flexibility index (Phi) is 4.92. The molecule has 2 rings (SSSR count). The van der Waals surface area contributed by atoms with E-state index in [1.54, 1.807) is 0 Å². The van der Waals surface area contributed by atoms with E-state index in [9.17, 15) is 27.8 Å². The molecule has 0 bridgehead atoms. The zero-order valence-electron chi connectivity index (χ0n) is 12.8. The van der Waals surface area contributed by atoms with Crippen LogP contribution in [0.2, 0.25) is 0 Å². The van der Waals surface area contributed by atoms with Gasteiger partial charge in [-0.25, -0.2) is 17.1 Å². The number of rotatable bonds is 4. The molecule has 0 saturated carbocycles. The van der Waals surface area contributed by atoms with E-state index in [2.05, 4.69) is 0 Å². The molecule has 128 valence electrons. The molecule has 7 nitrogen and oxygen atoms in total. The van der Waals surface area contributed by atoms with Gasteiger partial charge in [-0.05, 0) is 18.2 Å². The molecule has 0 radical (unpaired) electrons. The number of aromatic hydroxyl groups is 1. The van der Waals surface area contributed by atoms with E-state index in [1.165, 1.54) is 25.1 Å². The van der Waals surface area contributed by atoms with Crippen molar-refractivity contribution in [2.75, 3.05) is 32.9 Å². The van der Waals surface area contributed by atoms with Crippen molar-refractivity contribution in [2.24, 2.45) is 5.92 Å². The van der Waals surface area contributed by atoms with E-state index in [0.29, 0.717) is 0 Å². The highest BCUT2D eigenvalue weighted by Gasteiger charge is 2.37. The summed E-state index contributed by atoms with van der Waals surface area (Å²) in [6.45, 7) is 0.0653. The molecular weight excluding hydrogens is 327 g/mol. The van der Waals surface area contributed by atoms with Gasteiger partial charge < -0.3 is 15.1 Å². The van der Waals surface area contributed by atoms with Crippen LogP contribution in [0, 0.1) is 11.7 Å². The SMILES string of the molecule is CN(C)S(=O)(=O)C[C@@H]1CN(C(=O)c2ccc(F)c(O)c2)C[C@H]1O. The van der Waals surface area contributed by atoms with Gasteiger partial charge >= 0.3 is 0 Å². The molecule has 0 aliphatic carbocycles. The lowest BCUT2D eigenvalue weighted by molar-refractivity contribution is 0.0764. The fourth-order valence-electron chi connectivity index (χ4n) is 2.43. The van der Waals surface area contributed by atoms with Gasteiger partial charge in [-0.1, -0.05) is 0 Å². The third kappa shape index (κ3) is 3.80. The molecule has 2 atom stereocenters. The van der Waals surface area contributed by atoms with Crippen LogP contribution in [0.25, 0.3) is 0 Å². The maximum Gasteiger partial charge on any atom is 0.254 e. The molecule has 1 aliphatic heterocycles. The number of amides is 1. The van der Waals surface area contributed by atoms with Crippen molar-refractivity contribution in [3.05, 3.63) is 29.6 Å². The fraction of sp³-hybridized carbons (Fsp3) is 0.500. The van der Waals surface area contributed by atoms with E-state index in [-0.39, 0.29) is 24.4 Å². The molecule has 9 heteroatoms. The molecule has 1 amide bonds. The minimum Gasteiger partial charge on any atom is -0.505 e. The maximum absolute atomic E-state index is 13.0. The van der Waals surface area contributed by atoms with Crippen molar-refractivity contribution in [3.63, 3.8) is 0 Å². The van der Waals surface area contributed by atoms with Gasteiger partial charge in [0.05, 0.1) is 11.9 Å². The number of phenols is 1. The molecule has 2 N–H and O–H groups in total. The minimum atomic E-state index is -3.49. The van der Waals surface area contributed by atoms with Gasteiger partial charge in [0.25, 0.3) is 5.91 Å². The number of aliphatic hydroxyl groups is 1. The Morgan fingerprint density at radius 3 is 2.61 bits per heavy atom. The van der Waals surface area contributed by atoms with Crippen LogP contribution >= 0.6 is 0 Å². The molecule has 23 heavy (non-hydrogen) atoms. The largest absolute Gasteiger partial charge is 0.505 e. The number of halogens is 1. The molecule has 0 aromatic heterocycles. The number of nitrogens with zero attached hydrogens (tertiary/aromatic N) is 2. The Morgan fingerprint density at radius 1 is 1.39 bits per heavy atom. The highest BCUT2D eigenvalue weighted by molar-refractivity contribution is 7.89. The Balaban J connectivity index is 2.11. The van der Waals surface area contributed by atoms with Crippen molar-refractivity contribution in [2.45, 2.75) is 6.10 Å². The van der Waals surface area contributed by atoms with Crippen molar-refractivity contribution in [3.8, 4) is 5.75 Å². The normalized spacial score (nSPS) is 21.9. The van der Waals surface area contributed by atoms with Crippen molar-refractivity contribution in [1.29, 1.82) is 0 Å². The van der Waals surface area contributed by atoms with E-state index in [0.717, 1.165) is 16.4 Å². The number of carbonyl (C=O) groups excluding carboxylic acids is 1. The molecule has 1 saturated heterocycles. The first-order valence-corrected chi connectivity index (χ1v) is 8.59. The number of benzene rings is 1. The molecule has 0 unspecified atom stereocenters. The lowest BCUT2D eigenvalue weighted by atomic mass is 10.1. The lowest BCUT2D eigenvalue weighted by Crippen LogP contribution is -2.33. The van der Waals surface area contributed by atoms with Crippen LogP contribution in [0.1, 0.15) is 10.4 Å². The number of aliphatic hydroxyl groups excluding tert-OH is 1. The van der Waals surface area contributed by atoms with E-state index in [1.807, 2.05) is 0 Å². The third-order valence-electron chi connectivity index (χ3n) is 3.87. The summed E-state index contributed by atoms with van der Waals surface area (Å²) in [5.41, 5.74) is 0.0761. The number of sulfonamides is 1. The van der Waals surface area contributed by atoms with E-state index >= 15 is 0 Å². The highest BCUT2D eigenvalue weighted by Crippen LogP contribution is 2.23. The first kappa shape index (κ1) is 17.6. The number of β-amino-alcohol motifs (C(OH)–C–C–N with tert-alkyl or cyclic N) is 1. The van der Waals surface area contributed by atoms with Gasteiger partial charge in [-0.2, -0.15) is 0 Å². The van der Waals surface area contributed by atoms with Gasteiger partial charge in [0.1, 0.15) is 0 Å². The van der Waals surface area contributed by atoms with Crippen LogP contribution in [0.5, 0.6) is 5.75 Å². The van der Waals surface area contributed by atoms with Crippen LogP contribution in [-0.2, 0) is 10.0 Å². The Bertz CT molecular complexity index is 707. The number of hydrogen-bond donors (Lipinski definition) is 2. The molecule has 1 aromatic rings. The van der Waals surface area contributed by atoms with Gasteiger partial charge in [0, 0.05) is 38.7 Å². The van der Waals surface area contributed by atoms with Gasteiger partial charge in [0.2, 0.25) is 10.0 Å². The second-order valence-electron chi connectivity index (χ2n) is 5.76. The topological polar surface area (TPSA) is 98.2 Å². The first-order chi connectivity index (χ1) is 10.6. The number of hydrogen-bond acceptors (Lipinski definition) is 5. The predicted octanol–water partition coefficient (Wildman–Crippen LogP) is -0.144. The van der Waals surface area contributed by atoms with Crippen LogP contribution in [0.3, 0.4) is 0 Å². The smallest absolute Gasteiger partial charge is 0.254 e. The van der Waals surface area contributed by atoms with Crippen LogP contribution in [-0.4, -0.2) is 72.8 Å².